The van der Waals surface area contributed by atoms with Crippen molar-refractivity contribution in [1.82, 2.24) is 5.32 Å². The van der Waals surface area contributed by atoms with Gasteiger partial charge >= 0.3 is 23.9 Å². The Balaban J connectivity index is 1.15. The van der Waals surface area contributed by atoms with Gasteiger partial charge in [-0.25, -0.2) is 9.59 Å². The minimum Gasteiger partial charge on any atom is -0.456 e. The first-order valence-corrected chi connectivity index (χ1v) is 25.6. The lowest BCUT2D eigenvalue weighted by Gasteiger charge is -2.67. The molecule has 16 heteroatoms. The second kappa shape index (κ2) is 21.4. The summed E-state index contributed by atoms with van der Waals surface area (Å²) < 4.78 is 31.3. The molecule has 2 saturated carbocycles. The van der Waals surface area contributed by atoms with Crippen molar-refractivity contribution in [3.05, 3.63) is 190 Å². The van der Waals surface area contributed by atoms with E-state index in [0.717, 1.165) is 6.92 Å². The summed E-state index contributed by atoms with van der Waals surface area (Å²) in [5.74, 6) is -7.30. The molecule has 400 valence electrons. The van der Waals surface area contributed by atoms with E-state index in [9.17, 15) is 44.1 Å². The van der Waals surface area contributed by atoms with E-state index in [1.165, 1.54) is 26.0 Å². The lowest BCUT2D eigenvalue weighted by molar-refractivity contribution is -0.346. The number of rotatable bonds is 15. The van der Waals surface area contributed by atoms with Gasteiger partial charge < -0.3 is 44.3 Å². The minimum atomic E-state index is -2.48. The molecular formula is C61H61NO15. The van der Waals surface area contributed by atoms with Crippen LogP contribution in [-0.2, 0) is 49.3 Å². The quantitative estimate of drug-likeness (QED) is 0.0375. The number of Topliss-reactive ketones (excluding diaryl/α,β-unsaturated/α-hetero) is 1. The maximum Gasteiger partial charge on any atom is 0.338 e. The molecule has 2 unspecified atom stereocenters. The van der Waals surface area contributed by atoms with Gasteiger partial charge in [-0.2, -0.15) is 0 Å². The van der Waals surface area contributed by atoms with Crippen molar-refractivity contribution in [3.8, 4) is 0 Å². The van der Waals surface area contributed by atoms with Crippen LogP contribution in [0.1, 0.15) is 108 Å². The molecule has 1 aliphatic heterocycles. The second-order valence-corrected chi connectivity index (χ2v) is 21.1. The number of aliphatic hydroxyl groups is 3. The highest BCUT2D eigenvalue weighted by Crippen LogP contribution is 2.64. The molecule has 5 aromatic carbocycles. The Labute approximate surface area is 445 Å². The summed E-state index contributed by atoms with van der Waals surface area (Å²) >= 11 is 0. The van der Waals surface area contributed by atoms with Gasteiger partial charge in [0.05, 0.1) is 35.6 Å². The number of hydrogen-bond acceptors (Lipinski definition) is 15. The first-order chi connectivity index (χ1) is 36.7. The van der Waals surface area contributed by atoms with Gasteiger partial charge in [0.25, 0.3) is 5.91 Å². The van der Waals surface area contributed by atoms with E-state index in [-0.39, 0.29) is 53.9 Å². The zero-order chi connectivity index (χ0) is 55.0. The summed E-state index contributed by atoms with van der Waals surface area (Å²) in [5, 5.41) is 41.3. The van der Waals surface area contributed by atoms with Gasteiger partial charge in [0, 0.05) is 48.3 Å². The number of carbonyl (C=O) groups excluding carboxylic acids is 7. The standard InChI is InChI=1S/C61H61NO15/c1-35-43(74-57(71)50(67)48(38-20-10-6-11-21-38)62-55(69)40-24-14-8-15-25-40)33-61(72)54(76-56(70)41-26-16-9-17-27-41)52-59(5,44(64)32-45-60(52,34-73-45)77-36(2)63)53(68)51(47(35)58(61,3)4)75-46(65)30-29-37-19-18-28-42(31-37)49(66)39-22-12-7-13-23-39/h6-28,31,43-45,48,50-52,54,64,67,72H,29-30,32-34H2,1-5H3,(H,62,69)/t43?,44-,45+,48-,50+,51+,52?,54-,59+,60-,61+/m0/s1. The predicted octanol–water partition coefficient (Wildman–Crippen LogP) is 6.58. The van der Waals surface area contributed by atoms with Crippen molar-refractivity contribution in [3.63, 3.8) is 0 Å². The van der Waals surface area contributed by atoms with Crippen molar-refractivity contribution < 1.29 is 72.6 Å². The van der Waals surface area contributed by atoms with Gasteiger partial charge in [-0.15, -0.1) is 0 Å². The maximum absolute atomic E-state index is 16.2. The molecule has 16 nitrogen and oxygen atoms in total. The van der Waals surface area contributed by atoms with E-state index in [4.69, 9.17) is 23.7 Å². The molecule has 2 bridgehead atoms. The molecule has 11 atom stereocenters. The summed E-state index contributed by atoms with van der Waals surface area (Å²) in [5.41, 5.74) is -6.07. The maximum atomic E-state index is 16.2. The third-order valence-corrected chi connectivity index (χ3v) is 16.3. The van der Waals surface area contributed by atoms with Crippen LogP contribution >= 0.6 is 0 Å². The number of benzene rings is 5. The smallest absolute Gasteiger partial charge is 0.338 e. The monoisotopic (exact) mass is 1050 g/mol. The van der Waals surface area contributed by atoms with Gasteiger partial charge in [0.15, 0.2) is 29.4 Å². The van der Waals surface area contributed by atoms with Gasteiger partial charge in [0.1, 0.15) is 23.9 Å². The first kappa shape index (κ1) is 54.2. The normalized spacial score (nSPS) is 27.8. The molecule has 0 spiro atoms. The molecule has 1 heterocycles. The molecule has 4 aliphatic rings. The zero-order valence-electron chi connectivity index (χ0n) is 43.3. The summed E-state index contributed by atoms with van der Waals surface area (Å²) in [6.45, 7) is 6.84. The van der Waals surface area contributed by atoms with Crippen LogP contribution in [-0.4, -0.2) is 111 Å². The van der Waals surface area contributed by atoms with Crippen LogP contribution in [0.15, 0.2) is 157 Å². The largest absolute Gasteiger partial charge is 0.456 e. The van der Waals surface area contributed by atoms with Crippen LogP contribution in [0.4, 0.5) is 0 Å². The van der Waals surface area contributed by atoms with Crippen molar-refractivity contribution in [2.24, 2.45) is 16.7 Å². The summed E-state index contributed by atoms with van der Waals surface area (Å²) in [6, 6.07) is 38.3. The molecule has 3 aliphatic carbocycles. The molecule has 1 saturated heterocycles. The third kappa shape index (κ3) is 9.91. The number of carbonyl (C=O) groups is 7. The predicted molar refractivity (Wildman–Crippen MR) is 277 cm³/mol. The molecular weight excluding hydrogens is 987 g/mol. The van der Waals surface area contributed by atoms with Crippen LogP contribution in [0, 0.1) is 16.7 Å². The van der Waals surface area contributed by atoms with Crippen LogP contribution in [0.3, 0.4) is 0 Å². The van der Waals surface area contributed by atoms with E-state index in [1.807, 2.05) is 0 Å². The van der Waals surface area contributed by atoms with E-state index < -0.39 is 113 Å². The third-order valence-electron chi connectivity index (χ3n) is 16.3. The number of ether oxygens (including phenoxy) is 5. The average molecular weight is 1050 g/mol. The van der Waals surface area contributed by atoms with Crippen LogP contribution in [0.2, 0.25) is 0 Å². The summed E-state index contributed by atoms with van der Waals surface area (Å²) in [7, 11) is 0. The number of fused-ring (bicyclic) bond motifs is 5. The van der Waals surface area contributed by atoms with Crippen molar-refractivity contribution in [2.45, 2.75) is 114 Å². The van der Waals surface area contributed by atoms with Crippen LogP contribution in [0.5, 0.6) is 0 Å². The average Bonchev–Trinajstić information content (AvgIpc) is 3.43. The lowest BCUT2D eigenvalue weighted by Crippen LogP contribution is -2.82. The number of ketones is 2. The van der Waals surface area contributed by atoms with Gasteiger partial charge in [-0.05, 0) is 72.9 Å². The molecule has 9 rings (SSSR count). The van der Waals surface area contributed by atoms with Gasteiger partial charge in [-0.1, -0.05) is 129 Å². The molecule has 0 aromatic heterocycles. The minimum absolute atomic E-state index is 0.0448. The molecule has 3 fully saturated rings. The van der Waals surface area contributed by atoms with E-state index in [2.05, 4.69) is 5.32 Å². The number of nitrogens with one attached hydrogen (secondary N) is 1. The lowest BCUT2D eigenvalue weighted by atomic mass is 9.44. The Morgan fingerprint density at radius 3 is 1.94 bits per heavy atom. The Bertz CT molecular complexity index is 3110. The van der Waals surface area contributed by atoms with Crippen LogP contribution in [0.25, 0.3) is 0 Å². The van der Waals surface area contributed by atoms with Crippen molar-refractivity contribution in [2.75, 3.05) is 6.61 Å². The molecule has 4 N–H and O–H groups in total. The van der Waals surface area contributed by atoms with Crippen molar-refractivity contribution >= 4 is 41.4 Å². The topological polar surface area (TPSA) is 238 Å². The zero-order valence-corrected chi connectivity index (χ0v) is 43.3. The summed E-state index contributed by atoms with van der Waals surface area (Å²) in [6.07, 6.45) is -11.3. The van der Waals surface area contributed by atoms with Crippen LogP contribution < -0.4 is 5.32 Å². The fourth-order valence-corrected chi connectivity index (χ4v) is 12.1. The Kier molecular flexibility index (Phi) is 15.1. The fraction of sp³-hybridized carbons (Fsp3) is 0.361. The summed E-state index contributed by atoms with van der Waals surface area (Å²) in [4.78, 5) is 100. The SMILES string of the molecule is CC(=O)O[C@@]12CO[C@@H]1C[C@H](O)[C@@]1(C)C(=O)[C@H](OC(=O)CCc3cccc(C(=O)c4ccccc4)c3)C3=C(C)C(OC(=O)[C@H](O)[C@@H](NC(=O)c4ccccc4)c4ccccc4)C[C@@](O)([C@@H](OC(=O)c4ccccc4)C12)C3(C)C. The highest BCUT2D eigenvalue weighted by atomic mass is 16.6. The van der Waals surface area contributed by atoms with Gasteiger partial charge in [0.2, 0.25) is 0 Å². The number of aliphatic hydroxyl groups excluding tert-OH is 2. The number of hydrogen-bond donors (Lipinski definition) is 4. The highest BCUT2D eigenvalue weighted by Gasteiger charge is 2.78. The molecule has 5 aromatic rings. The number of aryl methyl sites for hydroxylation is 1. The molecule has 77 heavy (non-hydrogen) atoms. The Morgan fingerprint density at radius 2 is 1.34 bits per heavy atom. The van der Waals surface area contributed by atoms with Gasteiger partial charge in [-0.3, -0.25) is 24.0 Å². The fourth-order valence-electron chi connectivity index (χ4n) is 12.1. The van der Waals surface area contributed by atoms with E-state index in [1.54, 1.807) is 147 Å². The van der Waals surface area contributed by atoms with E-state index >= 15 is 4.79 Å². The first-order valence-electron chi connectivity index (χ1n) is 25.6. The van der Waals surface area contributed by atoms with Crippen molar-refractivity contribution in [1.29, 1.82) is 0 Å². The Morgan fingerprint density at radius 1 is 0.753 bits per heavy atom. The Hall–Kier alpha value is -7.63. The molecule has 1 amide bonds. The second-order valence-electron chi connectivity index (χ2n) is 21.1. The highest BCUT2D eigenvalue weighted by molar-refractivity contribution is 6.09. The number of amides is 1. The molecule has 0 radical (unpaired) electrons. The van der Waals surface area contributed by atoms with E-state index in [0.29, 0.717) is 22.3 Å². The number of esters is 4.